The quantitative estimate of drug-likeness (QED) is 0.652. The minimum Gasteiger partial charge on any atom is -0.461 e. The molecule has 2 heterocycles. The number of benzene rings is 1. The predicted molar refractivity (Wildman–Crippen MR) is 123 cm³/mol. The van der Waals surface area contributed by atoms with Crippen LogP contribution in [0, 0.1) is 0 Å². The average molecular weight is 453 g/mol. The van der Waals surface area contributed by atoms with E-state index in [4.69, 9.17) is 4.74 Å². The molecule has 176 valence electrons. The molecule has 1 saturated carbocycles. The van der Waals surface area contributed by atoms with Gasteiger partial charge in [-0.2, -0.15) is 5.10 Å². The number of hydrogen-bond acceptors (Lipinski definition) is 5. The number of carbonyl (C=O) groups is 3. The molecule has 1 aromatic carbocycles. The first kappa shape index (κ1) is 23.0. The highest BCUT2D eigenvalue weighted by atomic mass is 16.5. The smallest absolute Gasteiger partial charge is 0.358 e. The van der Waals surface area contributed by atoms with E-state index in [-0.39, 0.29) is 48.9 Å². The van der Waals surface area contributed by atoms with Crippen LogP contribution in [0.15, 0.2) is 30.3 Å². The molecule has 8 heteroatoms. The molecule has 0 radical (unpaired) electrons. The lowest BCUT2D eigenvalue weighted by Crippen LogP contribution is -2.64. The Labute approximate surface area is 194 Å². The zero-order valence-corrected chi connectivity index (χ0v) is 19.6. The minimum absolute atomic E-state index is 0.0768. The van der Waals surface area contributed by atoms with Gasteiger partial charge < -0.3 is 15.0 Å². The number of rotatable bonds is 7. The molecule has 33 heavy (non-hydrogen) atoms. The summed E-state index contributed by atoms with van der Waals surface area (Å²) in [5.41, 5.74) is 1.37. The summed E-state index contributed by atoms with van der Waals surface area (Å²) in [4.78, 5) is 41.0. The summed E-state index contributed by atoms with van der Waals surface area (Å²) >= 11 is 0. The van der Waals surface area contributed by atoms with Crippen molar-refractivity contribution in [3.8, 4) is 0 Å². The van der Waals surface area contributed by atoms with Gasteiger partial charge in [0.05, 0.1) is 13.2 Å². The summed E-state index contributed by atoms with van der Waals surface area (Å²) in [5.74, 6) is -1.09. The fourth-order valence-corrected chi connectivity index (χ4v) is 4.67. The second-order valence-corrected chi connectivity index (χ2v) is 9.08. The summed E-state index contributed by atoms with van der Waals surface area (Å²) in [6, 6.07) is 9.67. The van der Waals surface area contributed by atoms with E-state index in [0.29, 0.717) is 0 Å². The summed E-state index contributed by atoms with van der Waals surface area (Å²) in [5, 5.41) is 7.47. The van der Waals surface area contributed by atoms with E-state index in [1.807, 2.05) is 24.3 Å². The van der Waals surface area contributed by atoms with Crippen molar-refractivity contribution in [3.05, 3.63) is 52.8 Å². The highest BCUT2D eigenvalue weighted by Crippen LogP contribution is 2.30. The Morgan fingerprint density at radius 2 is 1.82 bits per heavy atom. The Bertz CT molecular complexity index is 1040. The Morgan fingerprint density at radius 3 is 2.45 bits per heavy atom. The van der Waals surface area contributed by atoms with Crippen LogP contribution in [0.1, 0.15) is 78.6 Å². The summed E-state index contributed by atoms with van der Waals surface area (Å²) in [7, 11) is 0. The number of fused-ring (bicyclic) bond motifs is 1. The Hall–Kier alpha value is -3.16. The van der Waals surface area contributed by atoms with Crippen molar-refractivity contribution in [2.75, 3.05) is 6.61 Å². The lowest BCUT2D eigenvalue weighted by Gasteiger charge is -2.43. The van der Waals surface area contributed by atoms with E-state index in [2.05, 4.69) is 17.3 Å². The summed E-state index contributed by atoms with van der Waals surface area (Å²) in [6.07, 6.45) is 5.03. The van der Waals surface area contributed by atoms with Crippen LogP contribution < -0.4 is 5.32 Å². The molecule has 1 unspecified atom stereocenters. The van der Waals surface area contributed by atoms with Crippen LogP contribution in [0.25, 0.3) is 0 Å². The van der Waals surface area contributed by atoms with Gasteiger partial charge in [0, 0.05) is 18.7 Å². The monoisotopic (exact) mass is 452 g/mol. The summed E-state index contributed by atoms with van der Waals surface area (Å²) in [6.45, 7) is 6.27. The van der Waals surface area contributed by atoms with E-state index < -0.39 is 11.5 Å². The van der Waals surface area contributed by atoms with Crippen LogP contribution in [0.5, 0.6) is 0 Å². The van der Waals surface area contributed by atoms with Crippen molar-refractivity contribution in [1.29, 1.82) is 0 Å². The number of esters is 1. The molecule has 8 nitrogen and oxygen atoms in total. The van der Waals surface area contributed by atoms with Crippen LogP contribution >= 0.6 is 0 Å². The molecule has 2 aromatic rings. The van der Waals surface area contributed by atoms with E-state index >= 15 is 0 Å². The van der Waals surface area contributed by atoms with Gasteiger partial charge in [-0.05, 0) is 44.2 Å². The standard InChI is InChI=1S/C25H32N4O4/c1-4-17-10-12-18(13-11-17)15-28-22(30)21-14-20(23(31)33-5-2)27-29(21)16-25(28,3)24(32)26-19-8-6-7-9-19/h10-14,19H,4-9,15-16H2,1-3H3,(H,26,32). The maximum Gasteiger partial charge on any atom is 0.358 e. The number of aromatic nitrogens is 2. The number of ether oxygens (including phenoxy) is 1. The molecule has 1 fully saturated rings. The van der Waals surface area contributed by atoms with Crippen molar-refractivity contribution in [3.63, 3.8) is 0 Å². The van der Waals surface area contributed by atoms with Gasteiger partial charge in [0.1, 0.15) is 11.2 Å². The van der Waals surface area contributed by atoms with E-state index in [9.17, 15) is 14.4 Å². The van der Waals surface area contributed by atoms with Crippen molar-refractivity contribution in [2.45, 2.75) is 77.5 Å². The molecular formula is C25H32N4O4. The average Bonchev–Trinajstić information content (AvgIpc) is 3.47. The van der Waals surface area contributed by atoms with Gasteiger partial charge in [0.2, 0.25) is 5.91 Å². The number of carbonyl (C=O) groups excluding carboxylic acids is 3. The molecule has 0 spiro atoms. The number of nitrogens with one attached hydrogen (secondary N) is 1. The third-order valence-corrected chi connectivity index (χ3v) is 6.73. The molecule has 1 aliphatic heterocycles. The maximum absolute atomic E-state index is 13.6. The van der Waals surface area contributed by atoms with Crippen LogP contribution in [0.4, 0.5) is 0 Å². The van der Waals surface area contributed by atoms with E-state index in [1.54, 1.807) is 18.7 Å². The van der Waals surface area contributed by atoms with Gasteiger partial charge in [-0.1, -0.05) is 44.0 Å². The van der Waals surface area contributed by atoms with Crippen LogP contribution in [0.2, 0.25) is 0 Å². The third-order valence-electron chi connectivity index (χ3n) is 6.73. The van der Waals surface area contributed by atoms with Gasteiger partial charge in [0.25, 0.3) is 5.91 Å². The molecule has 2 aliphatic rings. The Kier molecular flexibility index (Phi) is 6.54. The highest BCUT2D eigenvalue weighted by Gasteiger charge is 2.48. The van der Waals surface area contributed by atoms with Gasteiger partial charge in [-0.15, -0.1) is 0 Å². The molecule has 1 N–H and O–H groups in total. The minimum atomic E-state index is -1.14. The molecular weight excluding hydrogens is 420 g/mol. The van der Waals surface area contributed by atoms with Crippen LogP contribution in [-0.2, 0) is 29.0 Å². The summed E-state index contributed by atoms with van der Waals surface area (Å²) < 4.78 is 6.53. The number of amides is 2. The molecule has 0 saturated heterocycles. The van der Waals surface area contributed by atoms with Crippen molar-refractivity contribution in [2.24, 2.45) is 0 Å². The van der Waals surface area contributed by atoms with Crippen LogP contribution in [-0.4, -0.2) is 50.7 Å². The number of nitrogens with zero attached hydrogens (tertiary/aromatic N) is 3. The van der Waals surface area contributed by atoms with Gasteiger partial charge in [-0.25, -0.2) is 4.79 Å². The maximum atomic E-state index is 13.6. The number of hydrogen-bond donors (Lipinski definition) is 1. The molecule has 2 amide bonds. The first-order chi connectivity index (χ1) is 15.9. The third kappa shape index (κ3) is 4.51. The van der Waals surface area contributed by atoms with E-state index in [1.165, 1.54) is 16.3 Å². The SMILES string of the molecule is CCOC(=O)c1cc2n(n1)CC(C)(C(=O)NC1CCCC1)N(Cc1ccc(CC)cc1)C2=O. The lowest BCUT2D eigenvalue weighted by atomic mass is 9.93. The molecule has 4 rings (SSSR count). The largest absolute Gasteiger partial charge is 0.461 e. The van der Waals surface area contributed by atoms with Gasteiger partial charge >= 0.3 is 5.97 Å². The second kappa shape index (κ2) is 9.37. The molecule has 1 aliphatic carbocycles. The zero-order valence-electron chi connectivity index (χ0n) is 19.6. The Morgan fingerprint density at radius 1 is 1.15 bits per heavy atom. The molecule has 1 atom stereocenters. The van der Waals surface area contributed by atoms with Crippen molar-refractivity contribution < 1.29 is 19.1 Å². The molecule has 0 bridgehead atoms. The second-order valence-electron chi connectivity index (χ2n) is 9.08. The van der Waals surface area contributed by atoms with Crippen LogP contribution in [0.3, 0.4) is 0 Å². The first-order valence-corrected chi connectivity index (χ1v) is 11.8. The highest BCUT2D eigenvalue weighted by molar-refractivity contribution is 6.01. The number of aryl methyl sites for hydroxylation is 1. The topological polar surface area (TPSA) is 93.5 Å². The van der Waals surface area contributed by atoms with Crippen molar-refractivity contribution >= 4 is 17.8 Å². The molecule has 1 aromatic heterocycles. The van der Waals surface area contributed by atoms with E-state index in [0.717, 1.165) is 37.7 Å². The first-order valence-electron chi connectivity index (χ1n) is 11.8. The fraction of sp³-hybridized carbons (Fsp3) is 0.520. The Balaban J connectivity index is 1.68. The van der Waals surface area contributed by atoms with Crippen molar-refractivity contribution in [1.82, 2.24) is 20.0 Å². The normalized spacial score (nSPS) is 20.6. The predicted octanol–water partition coefficient (Wildman–Crippen LogP) is 3.10. The van der Waals surface area contributed by atoms with Gasteiger partial charge in [-0.3, -0.25) is 14.3 Å². The fourth-order valence-electron chi connectivity index (χ4n) is 4.67. The zero-order chi connectivity index (χ0) is 23.6. The van der Waals surface area contributed by atoms with Gasteiger partial charge in [0.15, 0.2) is 5.69 Å². The lowest BCUT2D eigenvalue weighted by molar-refractivity contribution is -0.134.